The Kier molecular flexibility index (Phi) is 8.98. The standard InChI is InChI=1S/C21H32FN3O4/c1-2-23-21(24-6-3-8-26-12-16-5-9-27-13-16)25-7-4-17-10-19(22)11-18-14-28-15-29-20(17)18/h10-11,16H,2-9,12-15H2,1H3,(H2,23,24,25). The first-order valence-electron chi connectivity index (χ1n) is 10.5. The monoisotopic (exact) mass is 409 g/mol. The minimum absolute atomic E-state index is 0.207. The van der Waals surface area contributed by atoms with Crippen molar-refractivity contribution in [2.45, 2.75) is 32.8 Å². The fourth-order valence-corrected chi connectivity index (χ4v) is 3.42. The third-order valence-corrected chi connectivity index (χ3v) is 4.88. The average molecular weight is 410 g/mol. The molecular formula is C21H32FN3O4. The van der Waals surface area contributed by atoms with Gasteiger partial charge in [0, 0.05) is 44.3 Å². The van der Waals surface area contributed by atoms with Gasteiger partial charge in [-0.15, -0.1) is 0 Å². The smallest absolute Gasteiger partial charge is 0.191 e. The van der Waals surface area contributed by atoms with E-state index in [2.05, 4.69) is 15.6 Å². The number of ether oxygens (including phenoxy) is 4. The molecule has 2 aliphatic heterocycles. The van der Waals surface area contributed by atoms with E-state index in [1.807, 2.05) is 6.92 Å². The number of rotatable bonds is 10. The van der Waals surface area contributed by atoms with E-state index in [1.165, 1.54) is 12.1 Å². The van der Waals surface area contributed by atoms with Crippen molar-refractivity contribution in [2.24, 2.45) is 10.9 Å². The molecule has 1 saturated heterocycles. The van der Waals surface area contributed by atoms with Crippen LogP contribution in [0.25, 0.3) is 0 Å². The lowest BCUT2D eigenvalue weighted by Crippen LogP contribution is -2.38. The molecule has 1 unspecified atom stereocenters. The van der Waals surface area contributed by atoms with Crippen molar-refractivity contribution in [1.29, 1.82) is 0 Å². The molecule has 2 heterocycles. The predicted molar refractivity (Wildman–Crippen MR) is 109 cm³/mol. The summed E-state index contributed by atoms with van der Waals surface area (Å²) in [6.07, 6.45) is 2.60. The lowest BCUT2D eigenvalue weighted by atomic mass is 10.1. The van der Waals surface area contributed by atoms with Gasteiger partial charge in [-0.25, -0.2) is 4.39 Å². The van der Waals surface area contributed by atoms with Gasteiger partial charge in [0.1, 0.15) is 11.6 Å². The number of nitrogens with one attached hydrogen (secondary N) is 2. The molecule has 1 aromatic rings. The summed E-state index contributed by atoms with van der Waals surface area (Å²) in [7, 11) is 0. The van der Waals surface area contributed by atoms with E-state index in [0.29, 0.717) is 38.6 Å². The quantitative estimate of drug-likeness (QED) is 0.351. The second-order valence-electron chi connectivity index (χ2n) is 7.26. The summed E-state index contributed by atoms with van der Waals surface area (Å²) in [4.78, 5) is 4.58. The van der Waals surface area contributed by atoms with Gasteiger partial charge >= 0.3 is 0 Å². The maximum atomic E-state index is 13.8. The van der Waals surface area contributed by atoms with Gasteiger partial charge in [0.2, 0.25) is 0 Å². The molecule has 8 heteroatoms. The Morgan fingerprint density at radius 2 is 2.24 bits per heavy atom. The van der Waals surface area contributed by atoms with Crippen molar-refractivity contribution >= 4 is 5.96 Å². The zero-order valence-electron chi connectivity index (χ0n) is 17.2. The molecule has 7 nitrogen and oxygen atoms in total. The fraction of sp³-hybridized carbons (Fsp3) is 0.667. The highest BCUT2D eigenvalue weighted by Crippen LogP contribution is 2.29. The molecule has 1 atom stereocenters. The summed E-state index contributed by atoms with van der Waals surface area (Å²) in [6, 6.07) is 3.00. The molecule has 0 bridgehead atoms. The number of hydrogen-bond donors (Lipinski definition) is 2. The van der Waals surface area contributed by atoms with E-state index >= 15 is 0 Å². The van der Waals surface area contributed by atoms with E-state index in [1.54, 1.807) is 0 Å². The van der Waals surface area contributed by atoms with Gasteiger partial charge in [0.05, 0.1) is 19.8 Å². The maximum Gasteiger partial charge on any atom is 0.191 e. The lowest BCUT2D eigenvalue weighted by molar-refractivity contribution is -0.0172. The zero-order chi connectivity index (χ0) is 20.3. The van der Waals surface area contributed by atoms with Gasteiger partial charge in [0.25, 0.3) is 0 Å². The summed E-state index contributed by atoms with van der Waals surface area (Å²) < 4.78 is 35.7. The van der Waals surface area contributed by atoms with Gasteiger partial charge in [-0.1, -0.05) is 0 Å². The van der Waals surface area contributed by atoms with E-state index < -0.39 is 0 Å². The molecule has 0 aliphatic carbocycles. The Bertz CT molecular complexity index is 666. The molecule has 2 aliphatic rings. The predicted octanol–water partition coefficient (Wildman–Crippen LogP) is 2.23. The molecule has 2 N–H and O–H groups in total. The molecule has 1 fully saturated rings. The number of halogens is 1. The topological polar surface area (TPSA) is 73.3 Å². The number of guanidine groups is 1. The molecule has 3 rings (SSSR count). The van der Waals surface area contributed by atoms with Gasteiger partial charge in [-0.3, -0.25) is 4.99 Å². The molecule has 0 saturated carbocycles. The molecule has 1 aromatic carbocycles. The second-order valence-corrected chi connectivity index (χ2v) is 7.26. The van der Waals surface area contributed by atoms with Crippen LogP contribution in [0.4, 0.5) is 4.39 Å². The van der Waals surface area contributed by atoms with E-state index in [4.69, 9.17) is 18.9 Å². The van der Waals surface area contributed by atoms with E-state index in [-0.39, 0.29) is 12.6 Å². The van der Waals surface area contributed by atoms with Crippen LogP contribution in [0.2, 0.25) is 0 Å². The molecule has 0 amide bonds. The van der Waals surface area contributed by atoms with Gasteiger partial charge in [0.15, 0.2) is 12.8 Å². The highest BCUT2D eigenvalue weighted by Gasteiger charge is 2.17. The first-order chi connectivity index (χ1) is 14.3. The van der Waals surface area contributed by atoms with Crippen molar-refractivity contribution in [2.75, 3.05) is 52.9 Å². The molecule has 29 heavy (non-hydrogen) atoms. The average Bonchev–Trinajstić information content (AvgIpc) is 3.24. The summed E-state index contributed by atoms with van der Waals surface area (Å²) in [5, 5.41) is 6.54. The molecule has 0 aromatic heterocycles. The summed E-state index contributed by atoms with van der Waals surface area (Å²) in [5.74, 6) is 1.77. The van der Waals surface area contributed by atoms with Crippen LogP contribution < -0.4 is 15.4 Å². The van der Waals surface area contributed by atoms with Crippen LogP contribution in [0, 0.1) is 11.7 Å². The van der Waals surface area contributed by atoms with Crippen LogP contribution in [0.15, 0.2) is 17.1 Å². The van der Waals surface area contributed by atoms with Gasteiger partial charge in [-0.2, -0.15) is 0 Å². The van der Waals surface area contributed by atoms with Gasteiger partial charge in [-0.05, 0) is 43.9 Å². The minimum Gasteiger partial charge on any atom is -0.467 e. The lowest BCUT2D eigenvalue weighted by Gasteiger charge is -2.21. The summed E-state index contributed by atoms with van der Waals surface area (Å²) >= 11 is 0. The number of fused-ring (bicyclic) bond motifs is 1. The van der Waals surface area contributed by atoms with Crippen molar-refractivity contribution in [3.8, 4) is 5.75 Å². The van der Waals surface area contributed by atoms with E-state index in [9.17, 15) is 4.39 Å². The van der Waals surface area contributed by atoms with Crippen LogP contribution in [0.3, 0.4) is 0 Å². The molecule has 0 radical (unpaired) electrons. The minimum atomic E-state index is -0.266. The number of aliphatic imine (C=N–C) groups is 1. The normalized spacial score (nSPS) is 19.0. The summed E-state index contributed by atoms with van der Waals surface area (Å²) in [5.41, 5.74) is 1.60. The molecule has 162 valence electrons. The van der Waals surface area contributed by atoms with Crippen LogP contribution in [-0.4, -0.2) is 58.8 Å². The first-order valence-corrected chi connectivity index (χ1v) is 10.5. The molecule has 0 spiro atoms. The maximum absolute atomic E-state index is 13.8. The van der Waals surface area contributed by atoms with Crippen molar-refractivity contribution < 1.29 is 23.3 Å². The van der Waals surface area contributed by atoms with Crippen LogP contribution in [0.5, 0.6) is 5.75 Å². The van der Waals surface area contributed by atoms with Crippen LogP contribution >= 0.6 is 0 Å². The Balaban J connectivity index is 1.39. The van der Waals surface area contributed by atoms with Crippen molar-refractivity contribution in [3.63, 3.8) is 0 Å². The SMILES string of the molecule is CCNC(=NCCCOCC1CCOC1)NCCc1cc(F)cc2c1OCOC2. The third kappa shape index (κ3) is 7.13. The zero-order valence-corrected chi connectivity index (χ0v) is 17.2. The van der Waals surface area contributed by atoms with Crippen molar-refractivity contribution in [1.82, 2.24) is 10.6 Å². The highest BCUT2D eigenvalue weighted by molar-refractivity contribution is 5.79. The van der Waals surface area contributed by atoms with Gasteiger partial charge < -0.3 is 29.6 Å². The fourth-order valence-electron chi connectivity index (χ4n) is 3.42. The highest BCUT2D eigenvalue weighted by atomic mass is 19.1. The van der Waals surface area contributed by atoms with Crippen molar-refractivity contribution in [3.05, 3.63) is 29.1 Å². The molecular weight excluding hydrogens is 377 g/mol. The Hall–Kier alpha value is -1.90. The second kappa shape index (κ2) is 11.9. The first kappa shape index (κ1) is 21.8. The number of benzene rings is 1. The number of nitrogens with zero attached hydrogens (tertiary/aromatic N) is 1. The number of hydrogen-bond acceptors (Lipinski definition) is 5. The van der Waals surface area contributed by atoms with Crippen LogP contribution in [0.1, 0.15) is 30.9 Å². The Morgan fingerprint density at radius 1 is 1.31 bits per heavy atom. The summed E-state index contributed by atoms with van der Waals surface area (Å²) in [6.45, 7) is 7.86. The largest absolute Gasteiger partial charge is 0.467 e. The van der Waals surface area contributed by atoms with Crippen LogP contribution in [-0.2, 0) is 27.2 Å². The van der Waals surface area contributed by atoms with E-state index in [0.717, 1.165) is 62.0 Å². The Labute approximate surface area is 172 Å². The Morgan fingerprint density at radius 3 is 3.07 bits per heavy atom. The third-order valence-electron chi connectivity index (χ3n) is 4.88.